The summed E-state index contributed by atoms with van der Waals surface area (Å²) in [5.74, 6) is 0.462. The number of imidazole rings is 1. The number of aromatic nitrogens is 4. The molecule has 28 heavy (non-hydrogen) atoms. The number of benzene rings is 1. The van der Waals surface area contributed by atoms with Crippen LogP contribution in [0.15, 0.2) is 49.2 Å². The molecule has 7 nitrogen and oxygen atoms in total. The van der Waals surface area contributed by atoms with Crippen LogP contribution >= 0.6 is 0 Å². The Hall–Kier alpha value is -2.93. The van der Waals surface area contributed by atoms with E-state index in [0.717, 1.165) is 61.6 Å². The molecule has 0 aliphatic carbocycles. The van der Waals surface area contributed by atoms with Gasteiger partial charge in [0, 0.05) is 30.9 Å². The van der Waals surface area contributed by atoms with E-state index in [0.29, 0.717) is 0 Å². The number of carbonyl (C=O) groups is 1. The first-order chi connectivity index (χ1) is 13.7. The smallest absolute Gasteiger partial charge is 0.325 e. The molecule has 1 aliphatic rings. The first-order valence-corrected chi connectivity index (χ1v) is 9.66. The lowest BCUT2D eigenvalue weighted by Gasteiger charge is -2.32. The van der Waals surface area contributed by atoms with Crippen LogP contribution in [-0.4, -0.2) is 48.4 Å². The Balaban J connectivity index is 1.54. The van der Waals surface area contributed by atoms with Crippen LogP contribution in [0, 0.1) is 0 Å². The third-order valence-electron chi connectivity index (χ3n) is 5.37. The number of rotatable bonds is 7. The summed E-state index contributed by atoms with van der Waals surface area (Å²) in [5.41, 5.74) is 3.14. The molecule has 0 spiro atoms. The number of allylic oxidation sites excluding steroid dienone is 1. The molecule has 0 saturated carbocycles. The SMILES string of the molecule is C=CCn1c(CN2CCCC(c3ccnn3CC(=O)O)C2)nc2ccccc21. The summed E-state index contributed by atoms with van der Waals surface area (Å²) in [6.45, 7) is 7.20. The second-order valence-corrected chi connectivity index (χ2v) is 7.30. The molecular formula is C21H25N5O2. The highest BCUT2D eigenvalue weighted by Crippen LogP contribution is 2.28. The van der Waals surface area contributed by atoms with Crippen LogP contribution in [0.1, 0.15) is 30.3 Å². The lowest BCUT2D eigenvalue weighted by atomic mass is 9.94. The van der Waals surface area contributed by atoms with Gasteiger partial charge in [-0.15, -0.1) is 6.58 Å². The summed E-state index contributed by atoms with van der Waals surface area (Å²) in [4.78, 5) is 18.4. The van der Waals surface area contributed by atoms with Gasteiger partial charge in [0.05, 0.1) is 17.6 Å². The third-order valence-corrected chi connectivity index (χ3v) is 5.37. The van der Waals surface area contributed by atoms with E-state index in [1.165, 1.54) is 0 Å². The van der Waals surface area contributed by atoms with E-state index in [4.69, 9.17) is 10.1 Å². The van der Waals surface area contributed by atoms with Crippen molar-refractivity contribution in [1.29, 1.82) is 0 Å². The number of aliphatic carboxylic acids is 1. The summed E-state index contributed by atoms with van der Waals surface area (Å²) in [6, 6.07) is 10.1. The third kappa shape index (κ3) is 3.71. The summed E-state index contributed by atoms with van der Waals surface area (Å²) < 4.78 is 3.84. The number of hydrogen-bond donors (Lipinski definition) is 1. The molecule has 0 amide bonds. The van der Waals surface area contributed by atoms with Crippen LogP contribution in [0.5, 0.6) is 0 Å². The summed E-state index contributed by atoms with van der Waals surface area (Å²) >= 11 is 0. The van der Waals surface area contributed by atoms with Crippen LogP contribution in [0.3, 0.4) is 0 Å². The minimum absolute atomic E-state index is 0.0893. The van der Waals surface area contributed by atoms with Crippen LogP contribution in [-0.2, 0) is 24.4 Å². The van der Waals surface area contributed by atoms with Crippen LogP contribution in [0.25, 0.3) is 11.0 Å². The Morgan fingerprint density at radius 1 is 1.32 bits per heavy atom. The number of carboxylic acid groups (broad SMARTS) is 1. The van der Waals surface area contributed by atoms with Crippen molar-refractivity contribution in [2.24, 2.45) is 0 Å². The molecular weight excluding hydrogens is 354 g/mol. The average Bonchev–Trinajstić information content (AvgIpc) is 3.27. The fourth-order valence-corrected chi connectivity index (χ4v) is 4.17. The minimum Gasteiger partial charge on any atom is -0.480 e. The number of nitrogens with zero attached hydrogens (tertiary/aromatic N) is 5. The van der Waals surface area contributed by atoms with E-state index >= 15 is 0 Å². The number of carboxylic acids is 1. The number of likely N-dealkylation sites (tertiary alicyclic amines) is 1. The molecule has 4 rings (SSSR count). The Kier molecular flexibility index (Phi) is 5.25. The van der Waals surface area contributed by atoms with Gasteiger partial charge in [-0.05, 0) is 37.6 Å². The molecule has 1 aliphatic heterocycles. The standard InChI is InChI=1S/C21H25N5O2/c1-2-11-25-19-8-4-3-7-17(19)23-20(25)14-24-12-5-6-16(13-24)18-9-10-22-26(18)15-21(27)28/h2-4,7-10,16H,1,5-6,11-15H2,(H,27,28). The quantitative estimate of drug-likeness (QED) is 0.639. The van der Waals surface area contributed by atoms with Crippen molar-refractivity contribution in [3.63, 3.8) is 0 Å². The van der Waals surface area contributed by atoms with Gasteiger partial charge in [0.25, 0.3) is 0 Å². The van der Waals surface area contributed by atoms with Gasteiger partial charge >= 0.3 is 5.97 Å². The second-order valence-electron chi connectivity index (χ2n) is 7.30. The molecule has 1 saturated heterocycles. The van der Waals surface area contributed by atoms with Crippen molar-refractivity contribution in [1.82, 2.24) is 24.2 Å². The normalized spacial score (nSPS) is 17.8. The van der Waals surface area contributed by atoms with E-state index in [1.54, 1.807) is 10.9 Å². The fraction of sp³-hybridized carbons (Fsp3) is 0.381. The maximum Gasteiger partial charge on any atom is 0.325 e. The monoisotopic (exact) mass is 379 g/mol. The summed E-state index contributed by atoms with van der Waals surface area (Å²) in [7, 11) is 0. The first-order valence-electron chi connectivity index (χ1n) is 9.66. The highest BCUT2D eigenvalue weighted by molar-refractivity contribution is 5.76. The number of fused-ring (bicyclic) bond motifs is 1. The van der Waals surface area contributed by atoms with Crippen molar-refractivity contribution in [3.8, 4) is 0 Å². The molecule has 1 aromatic carbocycles. The molecule has 2 aromatic heterocycles. The second kappa shape index (κ2) is 7.98. The van der Waals surface area contributed by atoms with E-state index in [-0.39, 0.29) is 12.5 Å². The average molecular weight is 379 g/mol. The number of piperidine rings is 1. The predicted molar refractivity (Wildman–Crippen MR) is 107 cm³/mol. The van der Waals surface area contributed by atoms with E-state index in [9.17, 15) is 4.79 Å². The topological polar surface area (TPSA) is 76.2 Å². The molecule has 3 aromatic rings. The zero-order valence-electron chi connectivity index (χ0n) is 15.9. The maximum absolute atomic E-state index is 11.1. The van der Waals surface area contributed by atoms with Gasteiger partial charge in [0.2, 0.25) is 0 Å². The van der Waals surface area contributed by atoms with Crippen LogP contribution in [0.4, 0.5) is 0 Å². The van der Waals surface area contributed by atoms with Crippen molar-refractivity contribution >= 4 is 17.0 Å². The zero-order chi connectivity index (χ0) is 19.5. The molecule has 7 heteroatoms. The van der Waals surface area contributed by atoms with Gasteiger partial charge in [-0.2, -0.15) is 5.10 Å². The molecule has 0 bridgehead atoms. The Labute approximate surface area is 163 Å². The van der Waals surface area contributed by atoms with E-state index in [2.05, 4.69) is 27.2 Å². The van der Waals surface area contributed by atoms with E-state index in [1.807, 2.05) is 30.3 Å². The summed E-state index contributed by atoms with van der Waals surface area (Å²) in [6.07, 6.45) is 5.72. The van der Waals surface area contributed by atoms with Gasteiger partial charge in [-0.25, -0.2) is 4.98 Å². The van der Waals surface area contributed by atoms with Gasteiger partial charge in [-0.1, -0.05) is 18.2 Å². The van der Waals surface area contributed by atoms with Gasteiger partial charge in [-0.3, -0.25) is 14.4 Å². The van der Waals surface area contributed by atoms with E-state index < -0.39 is 5.97 Å². The molecule has 3 heterocycles. The Bertz CT molecular complexity index is 990. The molecule has 1 atom stereocenters. The lowest BCUT2D eigenvalue weighted by Crippen LogP contribution is -2.35. The van der Waals surface area contributed by atoms with Crippen molar-refractivity contribution in [3.05, 3.63) is 60.7 Å². The molecule has 1 N–H and O–H groups in total. The highest BCUT2D eigenvalue weighted by atomic mass is 16.4. The van der Waals surface area contributed by atoms with Crippen molar-refractivity contribution in [2.75, 3.05) is 13.1 Å². The molecule has 0 radical (unpaired) electrons. The first kappa shape index (κ1) is 18.4. The Morgan fingerprint density at radius 2 is 2.18 bits per heavy atom. The molecule has 1 fully saturated rings. The maximum atomic E-state index is 11.1. The predicted octanol–water partition coefficient (Wildman–Crippen LogP) is 2.88. The zero-order valence-corrected chi connectivity index (χ0v) is 15.9. The van der Waals surface area contributed by atoms with Gasteiger partial charge in [0.15, 0.2) is 0 Å². The molecule has 146 valence electrons. The van der Waals surface area contributed by atoms with Crippen molar-refractivity contribution < 1.29 is 9.90 Å². The summed E-state index contributed by atoms with van der Waals surface area (Å²) in [5, 5.41) is 13.3. The largest absolute Gasteiger partial charge is 0.480 e. The van der Waals surface area contributed by atoms with Crippen LogP contribution in [0.2, 0.25) is 0 Å². The van der Waals surface area contributed by atoms with Crippen LogP contribution < -0.4 is 0 Å². The minimum atomic E-state index is -0.865. The highest BCUT2D eigenvalue weighted by Gasteiger charge is 2.25. The fourth-order valence-electron chi connectivity index (χ4n) is 4.17. The lowest BCUT2D eigenvalue weighted by molar-refractivity contribution is -0.137. The van der Waals surface area contributed by atoms with Gasteiger partial charge in [0.1, 0.15) is 12.4 Å². The Morgan fingerprint density at radius 3 is 3.00 bits per heavy atom. The number of para-hydroxylation sites is 2. The van der Waals surface area contributed by atoms with Gasteiger partial charge < -0.3 is 9.67 Å². The van der Waals surface area contributed by atoms with Crippen molar-refractivity contribution in [2.45, 2.75) is 38.4 Å². The molecule has 1 unspecified atom stereocenters. The number of hydrogen-bond acceptors (Lipinski definition) is 4.